The predicted octanol–water partition coefficient (Wildman–Crippen LogP) is 3.17. The summed E-state index contributed by atoms with van der Waals surface area (Å²) in [6.07, 6.45) is 2.01. The van der Waals surface area contributed by atoms with Gasteiger partial charge >= 0.3 is 0 Å². The van der Waals surface area contributed by atoms with Crippen molar-refractivity contribution >= 4 is 16.7 Å². The summed E-state index contributed by atoms with van der Waals surface area (Å²) in [5, 5.41) is 4.06. The summed E-state index contributed by atoms with van der Waals surface area (Å²) in [4.78, 5) is 4.42. The molecule has 1 heterocycles. The molecular formula is C10H17N3S. The first kappa shape index (κ1) is 11.2. The Morgan fingerprint density at radius 1 is 1.43 bits per heavy atom. The highest BCUT2D eigenvalue weighted by Crippen LogP contribution is 2.23. The first-order valence-electron chi connectivity index (χ1n) is 4.67. The summed E-state index contributed by atoms with van der Waals surface area (Å²) in [7, 11) is 0. The van der Waals surface area contributed by atoms with Crippen molar-refractivity contribution in [3.05, 3.63) is 17.6 Å². The lowest BCUT2D eigenvalue weighted by Gasteiger charge is -2.12. The van der Waals surface area contributed by atoms with Crippen LogP contribution in [0.5, 0.6) is 0 Å². The summed E-state index contributed by atoms with van der Waals surface area (Å²) in [6.45, 7) is 10.3. The van der Waals surface area contributed by atoms with Gasteiger partial charge in [-0.1, -0.05) is 26.8 Å². The molecule has 0 spiro atoms. The fourth-order valence-electron chi connectivity index (χ4n) is 0.820. The maximum Gasteiger partial charge on any atom is 0.206 e. The van der Waals surface area contributed by atoms with Gasteiger partial charge in [0.2, 0.25) is 5.13 Å². The van der Waals surface area contributed by atoms with E-state index in [1.54, 1.807) is 0 Å². The monoisotopic (exact) mass is 211 g/mol. The summed E-state index contributed by atoms with van der Waals surface area (Å²) in [6, 6.07) is 0. The first-order valence-corrected chi connectivity index (χ1v) is 5.45. The number of allylic oxidation sites excluding steroid dienone is 2. The van der Waals surface area contributed by atoms with Crippen molar-refractivity contribution in [2.75, 3.05) is 5.32 Å². The van der Waals surface area contributed by atoms with Crippen molar-refractivity contribution in [2.24, 2.45) is 0 Å². The topological polar surface area (TPSA) is 37.8 Å². The fourth-order valence-corrected chi connectivity index (χ4v) is 1.64. The molecule has 1 aromatic rings. The van der Waals surface area contributed by atoms with Gasteiger partial charge in [0, 0.05) is 22.6 Å². The quantitative estimate of drug-likeness (QED) is 0.816. The second kappa shape index (κ2) is 4.09. The molecule has 0 aromatic carbocycles. The molecule has 0 saturated carbocycles. The van der Waals surface area contributed by atoms with Crippen LogP contribution in [0.1, 0.15) is 40.4 Å². The Morgan fingerprint density at radius 3 is 2.50 bits per heavy atom. The van der Waals surface area contributed by atoms with Gasteiger partial charge in [0.25, 0.3) is 0 Å². The minimum atomic E-state index is 0.0280. The van der Waals surface area contributed by atoms with Gasteiger partial charge in [-0.2, -0.15) is 4.37 Å². The maximum atomic E-state index is 4.42. The van der Waals surface area contributed by atoms with Crippen molar-refractivity contribution in [3.8, 4) is 0 Å². The zero-order chi connectivity index (χ0) is 10.8. The Labute approximate surface area is 89.4 Å². The molecule has 0 amide bonds. The van der Waals surface area contributed by atoms with Gasteiger partial charge in [-0.15, -0.1) is 0 Å². The average Bonchev–Trinajstić information content (AvgIpc) is 2.51. The summed E-state index contributed by atoms with van der Waals surface area (Å²) >= 11 is 1.41. The number of nitrogens with one attached hydrogen (secondary N) is 1. The van der Waals surface area contributed by atoms with Crippen molar-refractivity contribution in [1.29, 1.82) is 0 Å². The van der Waals surface area contributed by atoms with Crippen LogP contribution in [0.4, 0.5) is 5.13 Å². The summed E-state index contributed by atoms with van der Waals surface area (Å²) in [5.41, 5.74) is 1.13. The summed E-state index contributed by atoms with van der Waals surface area (Å²) in [5.74, 6) is 0.897. The van der Waals surface area contributed by atoms with E-state index in [2.05, 4.69) is 35.4 Å². The molecule has 1 N–H and O–H groups in total. The van der Waals surface area contributed by atoms with Crippen LogP contribution in [0.25, 0.3) is 0 Å². The van der Waals surface area contributed by atoms with Gasteiger partial charge in [0.15, 0.2) is 0 Å². The van der Waals surface area contributed by atoms with Crippen LogP contribution < -0.4 is 5.32 Å². The molecule has 78 valence electrons. The van der Waals surface area contributed by atoms with Crippen LogP contribution in [-0.4, -0.2) is 9.36 Å². The van der Waals surface area contributed by atoms with Gasteiger partial charge in [-0.05, 0) is 13.8 Å². The minimum Gasteiger partial charge on any atom is -0.335 e. The van der Waals surface area contributed by atoms with Crippen molar-refractivity contribution in [2.45, 2.75) is 40.0 Å². The smallest absolute Gasteiger partial charge is 0.206 e. The van der Waals surface area contributed by atoms with E-state index in [0.29, 0.717) is 0 Å². The molecule has 14 heavy (non-hydrogen) atoms. The lowest BCUT2D eigenvalue weighted by molar-refractivity contribution is 0.555. The molecule has 0 fully saturated rings. The second-order valence-electron chi connectivity index (χ2n) is 4.27. The normalized spacial score (nSPS) is 13.1. The van der Waals surface area contributed by atoms with Crippen LogP contribution in [0.2, 0.25) is 0 Å². The van der Waals surface area contributed by atoms with Crippen molar-refractivity contribution in [1.82, 2.24) is 9.36 Å². The van der Waals surface area contributed by atoms with Gasteiger partial charge in [-0.25, -0.2) is 4.98 Å². The largest absolute Gasteiger partial charge is 0.335 e. The third kappa shape index (κ3) is 2.80. The highest BCUT2D eigenvalue weighted by atomic mass is 32.1. The van der Waals surface area contributed by atoms with E-state index in [0.717, 1.165) is 16.7 Å². The molecule has 0 unspecified atom stereocenters. The van der Waals surface area contributed by atoms with Crippen molar-refractivity contribution in [3.63, 3.8) is 0 Å². The zero-order valence-corrected chi connectivity index (χ0v) is 10.2. The Hall–Kier alpha value is -0.900. The predicted molar refractivity (Wildman–Crippen MR) is 61.7 cm³/mol. The van der Waals surface area contributed by atoms with Gasteiger partial charge in [0.05, 0.1) is 0 Å². The lowest BCUT2D eigenvalue weighted by atomic mass is 9.96. The number of hydrogen-bond acceptors (Lipinski definition) is 4. The first-order chi connectivity index (χ1) is 6.43. The highest BCUT2D eigenvalue weighted by molar-refractivity contribution is 7.09. The van der Waals surface area contributed by atoms with Gasteiger partial charge < -0.3 is 5.32 Å². The maximum absolute atomic E-state index is 4.42. The van der Waals surface area contributed by atoms with Crippen LogP contribution in [-0.2, 0) is 5.41 Å². The molecule has 0 bridgehead atoms. The molecule has 0 aliphatic rings. The molecule has 1 aromatic heterocycles. The van der Waals surface area contributed by atoms with E-state index in [1.807, 2.05) is 19.9 Å². The number of hydrogen-bond donors (Lipinski definition) is 1. The van der Waals surface area contributed by atoms with Crippen molar-refractivity contribution < 1.29 is 0 Å². The number of rotatable bonds is 2. The van der Waals surface area contributed by atoms with E-state index in [-0.39, 0.29) is 5.41 Å². The van der Waals surface area contributed by atoms with E-state index in [9.17, 15) is 0 Å². The minimum absolute atomic E-state index is 0.0280. The van der Waals surface area contributed by atoms with Gasteiger partial charge in [0.1, 0.15) is 5.82 Å². The zero-order valence-electron chi connectivity index (χ0n) is 9.38. The SMILES string of the molecule is C/C=C(\C)Nc1nc(C(C)(C)C)ns1. The molecule has 0 atom stereocenters. The van der Waals surface area contributed by atoms with Gasteiger partial charge in [-0.3, -0.25) is 0 Å². The number of anilines is 1. The lowest BCUT2D eigenvalue weighted by Crippen LogP contribution is -2.13. The van der Waals surface area contributed by atoms with Crippen LogP contribution in [0, 0.1) is 0 Å². The molecule has 1 rings (SSSR count). The van der Waals surface area contributed by atoms with Crippen LogP contribution in [0.3, 0.4) is 0 Å². The van der Waals surface area contributed by atoms with Crippen LogP contribution in [0.15, 0.2) is 11.8 Å². The average molecular weight is 211 g/mol. The molecule has 0 saturated heterocycles. The summed E-state index contributed by atoms with van der Waals surface area (Å²) < 4.78 is 4.32. The number of aromatic nitrogens is 2. The van der Waals surface area contributed by atoms with E-state index < -0.39 is 0 Å². The molecule has 3 nitrogen and oxygen atoms in total. The third-order valence-corrected chi connectivity index (χ3v) is 2.46. The van der Waals surface area contributed by atoms with E-state index in [1.165, 1.54) is 11.5 Å². The fraction of sp³-hybridized carbons (Fsp3) is 0.600. The molecular weight excluding hydrogens is 194 g/mol. The Bertz CT molecular complexity index is 333. The standard InChI is InChI=1S/C10H17N3S/c1-6-7(2)11-9-12-8(13-14-9)10(3,4)5/h6H,1-5H3,(H,11,12,13)/b7-6+. The van der Waals surface area contributed by atoms with E-state index in [4.69, 9.17) is 0 Å². The highest BCUT2D eigenvalue weighted by Gasteiger charge is 2.19. The Balaban J connectivity index is 2.79. The molecule has 0 radical (unpaired) electrons. The third-order valence-electron chi connectivity index (χ3n) is 1.83. The molecule has 0 aliphatic heterocycles. The molecule has 4 heteroatoms. The number of nitrogens with zero attached hydrogens (tertiary/aromatic N) is 2. The Kier molecular flexibility index (Phi) is 3.26. The molecule has 0 aliphatic carbocycles. The second-order valence-corrected chi connectivity index (χ2v) is 5.02. The Morgan fingerprint density at radius 2 is 2.07 bits per heavy atom. The van der Waals surface area contributed by atoms with Crippen LogP contribution >= 0.6 is 11.5 Å². The van der Waals surface area contributed by atoms with E-state index >= 15 is 0 Å².